The maximum Gasteiger partial charge on any atom is 0.310 e. The highest BCUT2D eigenvalue weighted by Crippen LogP contribution is 3.02. The van der Waals surface area contributed by atoms with Crippen LogP contribution in [-0.2, 0) is 10.3 Å². The lowest BCUT2D eigenvalue weighted by molar-refractivity contribution is -0.128. The van der Waals surface area contributed by atoms with Gasteiger partial charge >= 0.3 is 10.2 Å². The fourth-order valence-electron chi connectivity index (χ4n) is 3.01. The van der Waals surface area contributed by atoms with E-state index in [1.807, 2.05) is 0 Å². The lowest BCUT2D eigenvalue weighted by Gasteiger charge is -2.40. The highest BCUT2D eigenvalue weighted by atomic mass is 32.5. The molecule has 2 N–H and O–H groups in total. The van der Waals surface area contributed by atoms with Crippen molar-refractivity contribution in [2.45, 2.75) is 23.8 Å². The van der Waals surface area contributed by atoms with Crippen molar-refractivity contribution in [2.75, 3.05) is 7.05 Å². The highest BCUT2D eigenvalue weighted by molar-refractivity contribution is 8.45. The summed E-state index contributed by atoms with van der Waals surface area (Å²) in [5, 5.41) is 0. The van der Waals surface area contributed by atoms with Crippen LogP contribution in [0.4, 0.5) is 19.4 Å². The predicted molar refractivity (Wildman–Crippen MR) is 99.6 cm³/mol. The molecule has 1 atom stereocenters. The number of rotatable bonds is 3. The fourth-order valence-corrected chi connectivity index (χ4v) is 3.66. The Kier molecular flexibility index (Phi) is 3.93. The van der Waals surface area contributed by atoms with Crippen LogP contribution in [0.1, 0.15) is 18.9 Å². The zero-order valence-electron chi connectivity index (χ0n) is 15.0. The molecule has 0 aromatic heterocycles. The lowest BCUT2D eigenvalue weighted by Crippen LogP contribution is -2.47. The number of nitrogens with zero attached hydrogens (tertiary/aromatic N) is 2. The number of guanidine groups is 1. The molecule has 1 aliphatic rings. The van der Waals surface area contributed by atoms with Gasteiger partial charge in [-0.05, 0) is 41.8 Å². The number of carbonyl (C=O) groups excluding carboxylic acids is 1. The molecule has 2 aromatic carbocycles. The minimum Gasteiger partial charge on any atom is -0.369 e. The monoisotopic (exact) mass is 419 g/mol. The van der Waals surface area contributed by atoms with Gasteiger partial charge in [0, 0.05) is 7.05 Å². The molecular formula is C18H18F5N3OS. The minimum atomic E-state index is -9.71. The zero-order valence-corrected chi connectivity index (χ0v) is 15.8. The summed E-state index contributed by atoms with van der Waals surface area (Å²) in [6.45, 7) is 1.72. The van der Waals surface area contributed by atoms with Crippen molar-refractivity contribution in [2.24, 2.45) is 10.7 Å². The topological polar surface area (TPSA) is 58.7 Å². The first kappa shape index (κ1) is 20.1. The predicted octanol–water partition coefficient (Wildman–Crippen LogP) is 5.40. The third-order valence-electron chi connectivity index (χ3n) is 4.69. The van der Waals surface area contributed by atoms with Gasteiger partial charge in [-0.2, -0.15) is 0 Å². The summed E-state index contributed by atoms with van der Waals surface area (Å²) in [5.74, 6) is -0.162. The van der Waals surface area contributed by atoms with Crippen LogP contribution in [0.3, 0.4) is 0 Å². The minimum absolute atomic E-state index is 0.0596. The number of carbonyl (C=O) groups is 1. The van der Waals surface area contributed by atoms with Crippen molar-refractivity contribution in [1.29, 1.82) is 0 Å². The van der Waals surface area contributed by atoms with Crippen molar-refractivity contribution >= 4 is 22.1 Å². The molecule has 1 amide bonds. The zero-order chi connectivity index (χ0) is 21.0. The van der Waals surface area contributed by atoms with E-state index in [-0.39, 0.29) is 18.3 Å². The summed E-state index contributed by atoms with van der Waals surface area (Å²) in [7, 11) is -8.20. The molecule has 0 unspecified atom stereocenters. The highest BCUT2D eigenvalue weighted by Gasteiger charge is 2.65. The molecule has 4 nitrogen and oxygen atoms in total. The Morgan fingerprint density at radius 3 is 2.18 bits per heavy atom. The lowest BCUT2D eigenvalue weighted by atomic mass is 9.86. The Balaban J connectivity index is 2.00. The van der Waals surface area contributed by atoms with E-state index in [1.54, 1.807) is 31.2 Å². The maximum absolute atomic E-state index is 12.9. The van der Waals surface area contributed by atoms with Crippen LogP contribution in [0, 0.1) is 0 Å². The van der Waals surface area contributed by atoms with Gasteiger partial charge in [0.2, 0.25) is 5.91 Å². The van der Waals surface area contributed by atoms with E-state index in [0.717, 1.165) is 12.1 Å². The summed E-state index contributed by atoms with van der Waals surface area (Å²) >= 11 is 0. The van der Waals surface area contributed by atoms with Crippen LogP contribution >= 0.6 is 10.2 Å². The third kappa shape index (κ3) is 3.82. The standard InChI is InChI=1S/C18H18F5N3OS/c1-18(11-16(27)26(2)17(24)25-18)14-5-3-4-13(10-14)12-6-8-15(9-7-12)28(19,20,21,22)23/h3-10H,11H2,1-2H3,(H2,24,25)/t18-/m0/s1. The van der Waals surface area contributed by atoms with Crippen LogP contribution in [0.2, 0.25) is 0 Å². The number of amides is 1. The molecular weight excluding hydrogens is 401 g/mol. The first-order chi connectivity index (χ1) is 12.6. The van der Waals surface area contributed by atoms with Crippen LogP contribution in [0.5, 0.6) is 0 Å². The van der Waals surface area contributed by atoms with Gasteiger partial charge in [-0.3, -0.25) is 9.69 Å². The number of benzene rings is 2. The van der Waals surface area contributed by atoms with Gasteiger partial charge in [0.15, 0.2) is 5.96 Å². The molecule has 0 radical (unpaired) electrons. The number of halogens is 5. The Labute approximate surface area is 158 Å². The van der Waals surface area contributed by atoms with E-state index < -0.39 is 20.7 Å². The normalized spacial score (nSPS) is 23.0. The second kappa shape index (κ2) is 5.47. The van der Waals surface area contributed by atoms with Crippen LogP contribution in [0.25, 0.3) is 11.1 Å². The van der Waals surface area contributed by atoms with Gasteiger partial charge in [-0.25, -0.2) is 4.99 Å². The van der Waals surface area contributed by atoms with Crippen molar-refractivity contribution < 1.29 is 24.2 Å². The van der Waals surface area contributed by atoms with E-state index in [0.29, 0.717) is 28.8 Å². The Hall–Kier alpha value is -2.62. The van der Waals surface area contributed by atoms with Crippen molar-refractivity contribution in [3.8, 4) is 11.1 Å². The quantitative estimate of drug-likeness (QED) is 0.677. The van der Waals surface area contributed by atoms with Gasteiger partial charge in [-0.15, -0.1) is 0 Å². The smallest absolute Gasteiger partial charge is 0.310 e. The largest absolute Gasteiger partial charge is 0.369 e. The molecule has 0 saturated carbocycles. The first-order valence-electron chi connectivity index (χ1n) is 8.16. The second-order valence-electron chi connectivity index (χ2n) is 6.95. The number of aliphatic imine (C=N–C) groups is 1. The molecule has 1 aliphatic heterocycles. The third-order valence-corrected chi connectivity index (χ3v) is 5.86. The molecule has 0 fully saturated rings. The van der Waals surface area contributed by atoms with Crippen LogP contribution < -0.4 is 5.73 Å². The number of hydrogen-bond donors (Lipinski definition) is 1. The fraction of sp³-hybridized carbons (Fsp3) is 0.222. The summed E-state index contributed by atoms with van der Waals surface area (Å²) in [6, 6.07) is 9.40. The molecule has 0 spiro atoms. The average Bonchev–Trinajstić information content (AvgIpc) is 2.58. The summed E-state index contributed by atoms with van der Waals surface area (Å²) in [4.78, 5) is 15.8. The van der Waals surface area contributed by atoms with Gasteiger partial charge < -0.3 is 5.73 Å². The molecule has 28 heavy (non-hydrogen) atoms. The van der Waals surface area contributed by atoms with E-state index in [4.69, 9.17) is 5.73 Å². The SMILES string of the molecule is CN1C(=O)C[C@@](C)(c2cccc(-c3ccc(S(F)(F)(F)(F)F)cc3)c2)N=C1N. The average molecular weight is 419 g/mol. The molecule has 1 heterocycles. The summed E-state index contributed by atoms with van der Waals surface area (Å²) < 4.78 is 64.4. The Morgan fingerprint density at radius 2 is 1.64 bits per heavy atom. The number of hydrogen-bond acceptors (Lipinski definition) is 3. The Bertz CT molecular complexity index is 989. The van der Waals surface area contributed by atoms with Gasteiger partial charge in [0.1, 0.15) is 4.90 Å². The van der Waals surface area contributed by atoms with Crippen LogP contribution in [-0.4, -0.2) is 23.8 Å². The van der Waals surface area contributed by atoms with E-state index in [9.17, 15) is 24.2 Å². The van der Waals surface area contributed by atoms with Gasteiger partial charge in [0.05, 0.1) is 12.0 Å². The maximum atomic E-state index is 12.9. The van der Waals surface area contributed by atoms with E-state index >= 15 is 0 Å². The summed E-state index contributed by atoms with van der Waals surface area (Å²) in [6.07, 6.45) is 0.0663. The van der Waals surface area contributed by atoms with Crippen molar-refractivity contribution in [3.63, 3.8) is 0 Å². The summed E-state index contributed by atoms with van der Waals surface area (Å²) in [5.41, 5.74) is 6.32. The first-order valence-corrected chi connectivity index (χ1v) is 10.1. The van der Waals surface area contributed by atoms with Crippen molar-refractivity contribution in [1.82, 2.24) is 4.90 Å². The molecule has 0 bridgehead atoms. The molecule has 10 heteroatoms. The van der Waals surface area contributed by atoms with Gasteiger partial charge in [-0.1, -0.05) is 49.8 Å². The van der Waals surface area contributed by atoms with Crippen LogP contribution in [0.15, 0.2) is 58.4 Å². The molecule has 0 saturated heterocycles. The van der Waals surface area contributed by atoms with Gasteiger partial charge in [0.25, 0.3) is 0 Å². The molecule has 3 rings (SSSR count). The van der Waals surface area contributed by atoms with Crippen molar-refractivity contribution in [3.05, 3.63) is 54.1 Å². The number of nitrogens with two attached hydrogens (primary N) is 1. The molecule has 2 aromatic rings. The van der Waals surface area contributed by atoms with E-state index in [2.05, 4.69) is 4.99 Å². The van der Waals surface area contributed by atoms with E-state index in [1.165, 1.54) is 11.9 Å². The Morgan fingerprint density at radius 1 is 1.04 bits per heavy atom. The second-order valence-corrected chi connectivity index (χ2v) is 9.36. The molecule has 0 aliphatic carbocycles. The molecule has 152 valence electrons.